The van der Waals surface area contributed by atoms with E-state index in [0.29, 0.717) is 31.9 Å². The van der Waals surface area contributed by atoms with E-state index in [2.05, 4.69) is 10.6 Å². The van der Waals surface area contributed by atoms with Crippen molar-refractivity contribution in [2.24, 2.45) is 0 Å². The van der Waals surface area contributed by atoms with Gasteiger partial charge in [-0.15, -0.1) is 0 Å². The molecular weight excluding hydrogens is 282 g/mol. The summed E-state index contributed by atoms with van der Waals surface area (Å²) in [6.45, 7) is 5.66. The highest BCUT2D eigenvalue weighted by Crippen LogP contribution is 2.17. The highest BCUT2D eigenvalue weighted by molar-refractivity contribution is 5.97. The Bertz CT molecular complexity index is 582. The monoisotopic (exact) mass is 303 g/mol. The molecule has 2 aliphatic heterocycles. The molecule has 2 aliphatic rings. The molecule has 6 heteroatoms. The maximum Gasteiger partial charge on any atom is 0.251 e. The van der Waals surface area contributed by atoms with Crippen LogP contribution in [0.25, 0.3) is 0 Å². The molecule has 0 bridgehead atoms. The molecular formula is C16H21N3O3. The predicted octanol–water partition coefficient (Wildman–Crippen LogP) is 0.267. The molecule has 1 aromatic rings. The topological polar surface area (TPSA) is 70.7 Å². The summed E-state index contributed by atoms with van der Waals surface area (Å²) in [5.41, 5.74) is 2.98. The Labute approximate surface area is 129 Å². The third kappa shape index (κ3) is 3.13. The summed E-state index contributed by atoms with van der Waals surface area (Å²) in [5, 5.41) is 6.04. The molecule has 0 aromatic heterocycles. The number of amides is 2. The van der Waals surface area contributed by atoms with Gasteiger partial charge < -0.3 is 20.3 Å². The van der Waals surface area contributed by atoms with Gasteiger partial charge in [0.2, 0.25) is 5.91 Å². The number of carbonyl (C=O) groups excluding carboxylic acids is 2. The van der Waals surface area contributed by atoms with Crippen LogP contribution >= 0.6 is 0 Å². The standard InChI is InChI=1S/C16H21N3O3/c1-11(16(21)19-4-6-22-7-5-19)18-15(20)12-2-3-13-9-17-10-14(13)8-12/h2-3,8,11,17H,4-7,9-10H2,1H3,(H,18,20). The Balaban J connectivity index is 1.62. The molecule has 118 valence electrons. The molecule has 3 rings (SSSR count). The fourth-order valence-corrected chi connectivity index (χ4v) is 2.84. The summed E-state index contributed by atoms with van der Waals surface area (Å²) < 4.78 is 5.24. The van der Waals surface area contributed by atoms with Crippen molar-refractivity contribution >= 4 is 11.8 Å². The van der Waals surface area contributed by atoms with Gasteiger partial charge in [-0.1, -0.05) is 6.07 Å². The van der Waals surface area contributed by atoms with E-state index in [-0.39, 0.29) is 11.8 Å². The molecule has 6 nitrogen and oxygen atoms in total. The summed E-state index contributed by atoms with van der Waals surface area (Å²) in [7, 11) is 0. The molecule has 2 N–H and O–H groups in total. The van der Waals surface area contributed by atoms with Crippen LogP contribution < -0.4 is 10.6 Å². The summed E-state index contributed by atoms with van der Waals surface area (Å²) in [5.74, 6) is -0.261. The highest BCUT2D eigenvalue weighted by Gasteiger charge is 2.24. The number of ether oxygens (including phenoxy) is 1. The molecule has 1 atom stereocenters. The van der Waals surface area contributed by atoms with Gasteiger partial charge in [-0.25, -0.2) is 0 Å². The van der Waals surface area contributed by atoms with Crippen molar-refractivity contribution in [1.82, 2.24) is 15.5 Å². The molecule has 0 radical (unpaired) electrons. The molecule has 0 aliphatic carbocycles. The van der Waals surface area contributed by atoms with Crippen molar-refractivity contribution in [3.05, 3.63) is 34.9 Å². The van der Waals surface area contributed by atoms with E-state index in [1.165, 1.54) is 5.56 Å². The van der Waals surface area contributed by atoms with Gasteiger partial charge in [0.15, 0.2) is 0 Å². The molecule has 22 heavy (non-hydrogen) atoms. The zero-order valence-electron chi connectivity index (χ0n) is 12.7. The summed E-state index contributed by atoms with van der Waals surface area (Å²) >= 11 is 0. The smallest absolute Gasteiger partial charge is 0.251 e. The fourth-order valence-electron chi connectivity index (χ4n) is 2.84. The number of hydrogen-bond acceptors (Lipinski definition) is 4. The maximum absolute atomic E-state index is 12.3. The lowest BCUT2D eigenvalue weighted by Gasteiger charge is -2.29. The second-order valence-corrected chi connectivity index (χ2v) is 5.72. The quantitative estimate of drug-likeness (QED) is 0.841. The SMILES string of the molecule is CC(NC(=O)c1ccc2c(c1)CNC2)C(=O)N1CCOCC1. The molecule has 1 saturated heterocycles. The normalized spacial score (nSPS) is 18.7. The van der Waals surface area contributed by atoms with Gasteiger partial charge in [-0.05, 0) is 30.2 Å². The zero-order chi connectivity index (χ0) is 15.5. The van der Waals surface area contributed by atoms with E-state index in [1.54, 1.807) is 11.8 Å². The molecule has 0 saturated carbocycles. The minimum atomic E-state index is -0.531. The van der Waals surface area contributed by atoms with Gasteiger partial charge in [0, 0.05) is 31.7 Å². The van der Waals surface area contributed by atoms with Crippen molar-refractivity contribution in [2.75, 3.05) is 26.3 Å². The predicted molar refractivity (Wildman–Crippen MR) is 81.3 cm³/mol. The Morgan fingerprint density at radius 2 is 1.95 bits per heavy atom. The average molecular weight is 303 g/mol. The van der Waals surface area contributed by atoms with Crippen molar-refractivity contribution < 1.29 is 14.3 Å². The number of rotatable bonds is 3. The lowest BCUT2D eigenvalue weighted by Crippen LogP contribution is -2.50. The van der Waals surface area contributed by atoms with Crippen molar-refractivity contribution in [1.29, 1.82) is 0 Å². The van der Waals surface area contributed by atoms with Crippen LogP contribution in [0, 0.1) is 0 Å². The molecule has 2 amide bonds. The van der Waals surface area contributed by atoms with Crippen molar-refractivity contribution in [2.45, 2.75) is 26.1 Å². The Kier molecular flexibility index (Phi) is 4.40. The average Bonchev–Trinajstić information content (AvgIpc) is 3.02. The van der Waals surface area contributed by atoms with Crippen LogP contribution in [0.2, 0.25) is 0 Å². The number of benzene rings is 1. The number of fused-ring (bicyclic) bond motifs is 1. The Morgan fingerprint density at radius 1 is 1.23 bits per heavy atom. The Morgan fingerprint density at radius 3 is 2.73 bits per heavy atom. The minimum absolute atomic E-state index is 0.0560. The first kappa shape index (κ1) is 15.0. The fraction of sp³-hybridized carbons (Fsp3) is 0.500. The van der Waals surface area contributed by atoms with Gasteiger partial charge >= 0.3 is 0 Å². The van der Waals surface area contributed by atoms with Crippen LogP contribution in [0.1, 0.15) is 28.4 Å². The first-order chi connectivity index (χ1) is 10.6. The van der Waals surface area contributed by atoms with Crippen LogP contribution in [0.4, 0.5) is 0 Å². The molecule has 0 spiro atoms. The first-order valence-electron chi connectivity index (χ1n) is 7.65. The van der Waals surface area contributed by atoms with Crippen LogP contribution in [-0.4, -0.2) is 49.1 Å². The first-order valence-corrected chi connectivity index (χ1v) is 7.65. The summed E-state index contributed by atoms with van der Waals surface area (Å²) in [6, 6.07) is 5.15. The number of morpholine rings is 1. The van der Waals surface area contributed by atoms with Crippen molar-refractivity contribution in [3.8, 4) is 0 Å². The van der Waals surface area contributed by atoms with Gasteiger partial charge in [-0.2, -0.15) is 0 Å². The molecule has 1 fully saturated rings. The van der Waals surface area contributed by atoms with E-state index >= 15 is 0 Å². The van der Waals surface area contributed by atoms with Gasteiger partial charge in [-0.3, -0.25) is 9.59 Å². The van der Waals surface area contributed by atoms with Gasteiger partial charge in [0.25, 0.3) is 5.91 Å². The van der Waals surface area contributed by atoms with Crippen LogP contribution in [0.3, 0.4) is 0 Å². The van der Waals surface area contributed by atoms with E-state index in [9.17, 15) is 9.59 Å². The minimum Gasteiger partial charge on any atom is -0.378 e. The van der Waals surface area contributed by atoms with E-state index in [1.807, 2.05) is 18.2 Å². The van der Waals surface area contributed by atoms with Crippen LogP contribution in [-0.2, 0) is 22.6 Å². The molecule has 2 heterocycles. The second-order valence-electron chi connectivity index (χ2n) is 5.72. The van der Waals surface area contributed by atoms with Gasteiger partial charge in [0.05, 0.1) is 13.2 Å². The van der Waals surface area contributed by atoms with Crippen LogP contribution in [0.5, 0.6) is 0 Å². The second kappa shape index (κ2) is 6.46. The summed E-state index contributed by atoms with van der Waals surface area (Å²) in [4.78, 5) is 26.4. The molecule has 1 aromatic carbocycles. The lowest BCUT2D eigenvalue weighted by molar-refractivity contribution is -0.136. The summed E-state index contributed by atoms with van der Waals surface area (Å²) in [6.07, 6.45) is 0. The van der Waals surface area contributed by atoms with Crippen LogP contribution in [0.15, 0.2) is 18.2 Å². The largest absolute Gasteiger partial charge is 0.378 e. The number of nitrogens with zero attached hydrogens (tertiary/aromatic N) is 1. The van der Waals surface area contributed by atoms with Gasteiger partial charge in [0.1, 0.15) is 6.04 Å². The zero-order valence-corrected chi connectivity index (χ0v) is 12.7. The highest BCUT2D eigenvalue weighted by atomic mass is 16.5. The number of carbonyl (C=O) groups is 2. The van der Waals surface area contributed by atoms with E-state index in [4.69, 9.17) is 4.74 Å². The van der Waals surface area contributed by atoms with E-state index < -0.39 is 6.04 Å². The number of hydrogen-bond donors (Lipinski definition) is 2. The molecule has 1 unspecified atom stereocenters. The lowest BCUT2D eigenvalue weighted by atomic mass is 10.1. The Hall–Kier alpha value is -1.92. The van der Waals surface area contributed by atoms with E-state index in [0.717, 1.165) is 18.7 Å². The maximum atomic E-state index is 12.3. The van der Waals surface area contributed by atoms with Crippen molar-refractivity contribution in [3.63, 3.8) is 0 Å². The number of nitrogens with one attached hydrogen (secondary N) is 2. The third-order valence-corrected chi connectivity index (χ3v) is 4.14. The third-order valence-electron chi connectivity index (χ3n) is 4.14.